The van der Waals surface area contributed by atoms with E-state index in [9.17, 15) is 19.8 Å². The summed E-state index contributed by atoms with van der Waals surface area (Å²) >= 11 is 28.7. The molecular formula is C57H49Cl4N5O10. The summed E-state index contributed by atoms with van der Waals surface area (Å²) in [5.41, 5.74) is 8.48. The Morgan fingerprint density at radius 2 is 1.26 bits per heavy atom. The average Bonchev–Trinajstić information content (AvgIpc) is 3.87. The standard InChI is InChI=1S/C57H49Cl4N5O10/c58-40-14-30(15-41(59)48(40)50-38(52(75-63-50)27-1-2-27)24-71-36-12-33-22-66(23-34(33)13-36)56-62-44-7-5-29(54(67)68)18-46(44)74-56)31-16-42(60)49(43(61)17-31)51-39(53(76-64-51)28-3-4-28)25-72-37-20-57(21-37)9-10-65(26-57)35-6-8-45-32(11-35)19-47(73-45)55(69)70/h5-8,11,14-19,27-28,33-34,36-37H,1-4,9-10,12-13,20-26H2,(H,67,68)(H,69,70). The molecule has 19 heteroatoms. The van der Waals surface area contributed by atoms with E-state index in [0.717, 1.165) is 118 Å². The molecule has 2 unspecified atom stereocenters. The number of carboxylic acids is 2. The van der Waals surface area contributed by atoms with Crippen LogP contribution in [0.5, 0.6) is 0 Å². The molecule has 15 nitrogen and oxygen atoms in total. The van der Waals surface area contributed by atoms with Crippen LogP contribution in [0.2, 0.25) is 20.1 Å². The molecule has 8 aromatic rings. The highest BCUT2D eigenvalue weighted by Crippen LogP contribution is 2.53. The maximum Gasteiger partial charge on any atom is 0.371 e. The maximum absolute atomic E-state index is 11.5. The summed E-state index contributed by atoms with van der Waals surface area (Å²) < 4.78 is 36.9. The molecular weight excluding hydrogens is 1060 g/mol. The summed E-state index contributed by atoms with van der Waals surface area (Å²) in [6, 6.07) is 20.1. The lowest BCUT2D eigenvalue weighted by Crippen LogP contribution is -2.44. The van der Waals surface area contributed by atoms with Crippen LogP contribution in [0.25, 0.3) is 55.7 Å². The Kier molecular flexibility index (Phi) is 11.8. The number of fused-ring (bicyclic) bond motifs is 3. The normalized spacial score (nSPS) is 23.2. The van der Waals surface area contributed by atoms with Crippen LogP contribution in [0, 0.1) is 17.3 Å². The number of aromatic nitrogens is 3. The molecule has 0 amide bonds. The van der Waals surface area contributed by atoms with E-state index in [1.807, 2.05) is 42.5 Å². The van der Waals surface area contributed by atoms with Crippen molar-refractivity contribution < 1.29 is 47.2 Å². The van der Waals surface area contributed by atoms with Gasteiger partial charge in [-0.05, 0) is 153 Å². The summed E-state index contributed by atoms with van der Waals surface area (Å²) in [5.74, 6) is 0.818. The Morgan fingerprint density at radius 3 is 1.83 bits per heavy atom. The number of hydrogen-bond acceptors (Lipinski definition) is 13. The van der Waals surface area contributed by atoms with Gasteiger partial charge in [0.15, 0.2) is 5.58 Å². The van der Waals surface area contributed by atoms with E-state index in [0.29, 0.717) is 101 Å². The third-order valence-electron chi connectivity index (χ3n) is 16.8. The molecule has 4 aromatic heterocycles. The second-order valence-corrected chi connectivity index (χ2v) is 23.5. The predicted molar refractivity (Wildman–Crippen MR) is 285 cm³/mol. The minimum absolute atomic E-state index is 0.0393. The molecule has 6 fully saturated rings. The summed E-state index contributed by atoms with van der Waals surface area (Å²) in [7, 11) is 0. The van der Waals surface area contributed by atoms with Crippen LogP contribution in [0.4, 0.5) is 11.7 Å². The Morgan fingerprint density at radius 1 is 0.671 bits per heavy atom. The third-order valence-corrected chi connectivity index (χ3v) is 18.0. The summed E-state index contributed by atoms with van der Waals surface area (Å²) in [6.07, 6.45) is 8.84. The summed E-state index contributed by atoms with van der Waals surface area (Å²) in [6.45, 7) is 4.00. The second kappa shape index (κ2) is 18.6. The number of carboxylic acid groups (broad SMARTS) is 2. The fourth-order valence-corrected chi connectivity index (χ4v) is 13.9. The van der Waals surface area contributed by atoms with E-state index < -0.39 is 11.9 Å². The van der Waals surface area contributed by atoms with Crippen LogP contribution in [0.1, 0.15) is 113 Å². The minimum atomic E-state index is -1.08. The number of halogens is 4. The summed E-state index contributed by atoms with van der Waals surface area (Å²) in [5, 5.41) is 30.3. The molecule has 6 aliphatic rings. The van der Waals surface area contributed by atoms with E-state index in [1.54, 1.807) is 18.2 Å². The van der Waals surface area contributed by atoms with Gasteiger partial charge in [0, 0.05) is 71.3 Å². The number of oxazole rings is 1. The molecule has 1 spiro atoms. The van der Waals surface area contributed by atoms with Gasteiger partial charge in [-0.1, -0.05) is 56.7 Å². The highest BCUT2D eigenvalue weighted by molar-refractivity contribution is 6.41. The molecule has 14 rings (SSSR count). The van der Waals surface area contributed by atoms with Gasteiger partial charge in [-0.3, -0.25) is 0 Å². The van der Waals surface area contributed by atoms with Gasteiger partial charge in [0.25, 0.3) is 6.01 Å². The van der Waals surface area contributed by atoms with Gasteiger partial charge >= 0.3 is 11.9 Å². The lowest BCUT2D eigenvalue weighted by molar-refractivity contribution is -0.0796. The molecule has 2 saturated heterocycles. The number of hydrogen-bond donors (Lipinski definition) is 2. The molecule has 4 saturated carbocycles. The number of nitrogens with zero attached hydrogens (tertiary/aromatic N) is 5. The zero-order chi connectivity index (χ0) is 51.7. The first kappa shape index (κ1) is 48.3. The lowest BCUT2D eigenvalue weighted by atomic mass is 9.66. The van der Waals surface area contributed by atoms with E-state index in [1.165, 1.54) is 6.07 Å². The van der Waals surface area contributed by atoms with Crippen molar-refractivity contribution in [2.45, 2.75) is 95.0 Å². The zero-order valence-electron chi connectivity index (χ0n) is 40.8. The van der Waals surface area contributed by atoms with Gasteiger partial charge in [0.2, 0.25) is 5.76 Å². The largest absolute Gasteiger partial charge is 0.478 e. The van der Waals surface area contributed by atoms with Crippen molar-refractivity contribution in [3.63, 3.8) is 0 Å². The minimum Gasteiger partial charge on any atom is -0.478 e. The van der Waals surface area contributed by atoms with Crippen molar-refractivity contribution in [3.8, 4) is 33.6 Å². The summed E-state index contributed by atoms with van der Waals surface area (Å²) in [4.78, 5) is 32.1. The van der Waals surface area contributed by atoms with Crippen molar-refractivity contribution >= 4 is 92.1 Å². The van der Waals surface area contributed by atoms with Gasteiger partial charge < -0.3 is 47.4 Å². The van der Waals surface area contributed by atoms with E-state index in [-0.39, 0.29) is 40.8 Å². The predicted octanol–water partition coefficient (Wildman–Crippen LogP) is 14.3. The van der Waals surface area contributed by atoms with Crippen LogP contribution >= 0.6 is 46.4 Å². The lowest BCUT2D eigenvalue weighted by Gasteiger charge is -2.45. The van der Waals surface area contributed by atoms with Crippen LogP contribution in [0.3, 0.4) is 0 Å². The first-order chi connectivity index (χ1) is 36.8. The SMILES string of the molecule is O=C(O)c1ccc2nc(N3CC4CC(OCc5c(-c6c(Cl)cc(-c7cc(Cl)c(-c8noc(C9CC9)c8COC8CC9(CCN(c%10ccc%11oc(C(=O)O)cc%11c%10)C9)C8)c(Cl)c7)cc6Cl)noc5C5CC5)CC4C3)oc2c1. The number of ether oxygens (including phenoxy) is 2. The number of rotatable bonds is 15. The van der Waals surface area contributed by atoms with Crippen molar-refractivity contribution in [2.75, 3.05) is 36.0 Å². The topological polar surface area (TPSA) is 191 Å². The van der Waals surface area contributed by atoms with Crippen molar-refractivity contribution in [2.24, 2.45) is 17.3 Å². The van der Waals surface area contributed by atoms with E-state index in [2.05, 4.69) is 25.1 Å². The average molecular weight is 1110 g/mol. The Labute approximate surface area is 454 Å². The van der Waals surface area contributed by atoms with Crippen LogP contribution in [-0.4, -0.2) is 75.8 Å². The van der Waals surface area contributed by atoms with Gasteiger partial charge in [-0.25, -0.2) is 9.59 Å². The molecule has 0 bridgehead atoms. The molecule has 2 atom stereocenters. The van der Waals surface area contributed by atoms with E-state index in [4.69, 9.17) is 73.8 Å². The number of carbonyl (C=O) groups is 2. The van der Waals surface area contributed by atoms with Gasteiger partial charge in [-0.2, -0.15) is 4.98 Å². The number of anilines is 2. The number of benzene rings is 4. The molecule has 390 valence electrons. The molecule has 2 N–H and O–H groups in total. The smallest absolute Gasteiger partial charge is 0.371 e. The van der Waals surface area contributed by atoms with E-state index >= 15 is 0 Å². The van der Waals surface area contributed by atoms with Crippen molar-refractivity contribution in [1.82, 2.24) is 15.3 Å². The van der Waals surface area contributed by atoms with Gasteiger partial charge in [0.1, 0.15) is 34.0 Å². The van der Waals surface area contributed by atoms with Crippen LogP contribution in [-0.2, 0) is 22.7 Å². The molecule has 2 aliphatic heterocycles. The Bertz CT molecular complexity index is 3600. The van der Waals surface area contributed by atoms with Crippen molar-refractivity contribution in [3.05, 3.63) is 121 Å². The Hall–Kier alpha value is -6.07. The molecule has 4 aromatic carbocycles. The van der Waals surface area contributed by atoms with Gasteiger partial charge in [0.05, 0.1) is 51.1 Å². The van der Waals surface area contributed by atoms with Gasteiger partial charge in [-0.15, -0.1) is 0 Å². The zero-order valence-corrected chi connectivity index (χ0v) is 43.9. The second-order valence-electron chi connectivity index (χ2n) is 21.9. The first-order valence-corrected chi connectivity index (χ1v) is 27.4. The number of furan rings is 1. The molecule has 76 heavy (non-hydrogen) atoms. The molecule has 4 aliphatic carbocycles. The fourth-order valence-electron chi connectivity index (χ4n) is 12.5. The highest BCUT2D eigenvalue weighted by atomic mass is 35.5. The monoisotopic (exact) mass is 1100 g/mol. The quantitative estimate of drug-likeness (QED) is 0.0985. The number of aromatic carboxylic acids is 2. The third kappa shape index (κ3) is 8.71. The molecule has 0 radical (unpaired) electrons. The van der Waals surface area contributed by atoms with Crippen LogP contribution < -0.4 is 9.80 Å². The molecule has 6 heterocycles. The highest BCUT2D eigenvalue weighted by Gasteiger charge is 2.50. The first-order valence-electron chi connectivity index (χ1n) is 25.9. The van der Waals surface area contributed by atoms with Crippen molar-refractivity contribution in [1.29, 1.82) is 0 Å². The van der Waals surface area contributed by atoms with Crippen LogP contribution in [0.15, 0.2) is 84.6 Å². The maximum atomic E-state index is 11.5. The Balaban J connectivity index is 0.643. The fraction of sp³-hybridized carbons (Fsp3) is 0.386.